The van der Waals surface area contributed by atoms with Crippen LogP contribution >= 0.6 is 0 Å². The van der Waals surface area contributed by atoms with Gasteiger partial charge in [0, 0.05) is 18.3 Å². The van der Waals surface area contributed by atoms with E-state index in [1.807, 2.05) is 32.0 Å². The van der Waals surface area contributed by atoms with Gasteiger partial charge in [-0.25, -0.2) is 0 Å². The maximum absolute atomic E-state index is 11.6. The summed E-state index contributed by atoms with van der Waals surface area (Å²) >= 11 is 0. The molecule has 106 valence electrons. The molecule has 19 heavy (non-hydrogen) atoms. The summed E-state index contributed by atoms with van der Waals surface area (Å²) in [5, 5.41) is 0. The molecule has 1 rings (SSSR count). The number of carbonyl (C=O) groups is 1. The van der Waals surface area contributed by atoms with Gasteiger partial charge >= 0.3 is 5.97 Å². The van der Waals surface area contributed by atoms with Crippen molar-refractivity contribution in [1.29, 1.82) is 0 Å². The predicted molar refractivity (Wildman–Crippen MR) is 75.7 cm³/mol. The third-order valence-electron chi connectivity index (χ3n) is 3.59. The van der Waals surface area contributed by atoms with E-state index in [1.54, 1.807) is 0 Å². The number of aromatic nitrogens is 1. The van der Waals surface area contributed by atoms with Gasteiger partial charge in [-0.15, -0.1) is 0 Å². The minimum absolute atomic E-state index is 0.125. The van der Waals surface area contributed by atoms with Crippen molar-refractivity contribution in [3.8, 4) is 0 Å². The summed E-state index contributed by atoms with van der Waals surface area (Å²) in [6.07, 6.45) is 0. The maximum atomic E-state index is 11.6. The van der Waals surface area contributed by atoms with E-state index in [4.69, 9.17) is 4.74 Å². The zero-order valence-corrected chi connectivity index (χ0v) is 12.5. The highest BCUT2D eigenvalue weighted by molar-refractivity contribution is 5.72. The fourth-order valence-corrected chi connectivity index (χ4v) is 2.14. The Labute approximate surface area is 115 Å². The summed E-state index contributed by atoms with van der Waals surface area (Å²) in [6, 6.07) is 6.14. The van der Waals surface area contributed by atoms with Crippen molar-refractivity contribution in [2.75, 3.05) is 13.7 Å². The first kappa shape index (κ1) is 15.6. The van der Waals surface area contributed by atoms with Crippen molar-refractivity contribution in [2.24, 2.45) is 5.92 Å². The lowest BCUT2D eigenvalue weighted by Gasteiger charge is -2.30. The lowest BCUT2D eigenvalue weighted by atomic mass is 10.0. The van der Waals surface area contributed by atoms with E-state index in [0.717, 1.165) is 24.5 Å². The second-order valence-electron chi connectivity index (χ2n) is 4.89. The van der Waals surface area contributed by atoms with Crippen molar-refractivity contribution in [1.82, 2.24) is 9.88 Å². The number of hydrogen-bond donors (Lipinski definition) is 0. The van der Waals surface area contributed by atoms with Crippen LogP contribution in [0.3, 0.4) is 0 Å². The van der Waals surface area contributed by atoms with Gasteiger partial charge in [-0.3, -0.25) is 14.7 Å². The third kappa shape index (κ3) is 4.31. The van der Waals surface area contributed by atoms with Crippen molar-refractivity contribution in [3.63, 3.8) is 0 Å². The van der Waals surface area contributed by atoms with Gasteiger partial charge in [-0.05, 0) is 32.5 Å². The molecule has 0 radical (unpaired) electrons. The Bertz CT molecular complexity index is 420. The zero-order valence-electron chi connectivity index (χ0n) is 12.5. The van der Waals surface area contributed by atoms with Gasteiger partial charge in [0.2, 0.25) is 0 Å². The van der Waals surface area contributed by atoms with Crippen LogP contribution in [0.25, 0.3) is 0 Å². The maximum Gasteiger partial charge on any atom is 0.309 e. The van der Waals surface area contributed by atoms with Crippen LogP contribution in [0.5, 0.6) is 0 Å². The summed E-state index contributed by atoms with van der Waals surface area (Å²) < 4.78 is 4.82. The number of hydrogen-bond acceptors (Lipinski definition) is 4. The molecule has 0 bridgehead atoms. The van der Waals surface area contributed by atoms with E-state index in [0.29, 0.717) is 0 Å². The Balaban J connectivity index is 2.75. The van der Waals surface area contributed by atoms with E-state index >= 15 is 0 Å². The highest BCUT2D eigenvalue weighted by Crippen LogP contribution is 2.15. The predicted octanol–water partition coefficient (Wildman–Crippen LogP) is 2.41. The van der Waals surface area contributed by atoms with Gasteiger partial charge in [-0.1, -0.05) is 19.9 Å². The van der Waals surface area contributed by atoms with Gasteiger partial charge < -0.3 is 4.74 Å². The highest BCUT2D eigenvalue weighted by Gasteiger charge is 2.25. The minimum atomic E-state index is -0.164. The first-order valence-electron chi connectivity index (χ1n) is 6.74. The molecule has 0 aliphatic heterocycles. The quantitative estimate of drug-likeness (QED) is 0.740. The average Bonchev–Trinajstić information content (AvgIpc) is 2.42. The molecule has 4 nitrogen and oxygen atoms in total. The summed E-state index contributed by atoms with van der Waals surface area (Å²) in [4.78, 5) is 18.4. The summed E-state index contributed by atoms with van der Waals surface area (Å²) in [5.41, 5.74) is 2.05. The Morgan fingerprint density at radius 2 is 2.11 bits per heavy atom. The van der Waals surface area contributed by atoms with Gasteiger partial charge in [-0.2, -0.15) is 0 Å². The smallest absolute Gasteiger partial charge is 0.309 e. The standard InChI is InChI=1S/C15H24N2O2/c1-6-17(13(4)12(3)15(18)19-5)10-14-9-7-8-11(2)16-14/h7-9,12-13H,6,10H2,1-5H3. The normalized spacial score (nSPS) is 14.2. The fourth-order valence-electron chi connectivity index (χ4n) is 2.14. The first-order valence-corrected chi connectivity index (χ1v) is 6.74. The Kier molecular flexibility index (Phi) is 5.96. The van der Waals surface area contributed by atoms with Crippen LogP contribution in [0.2, 0.25) is 0 Å². The molecular weight excluding hydrogens is 240 g/mol. The molecule has 0 amide bonds. The Hall–Kier alpha value is -1.42. The average molecular weight is 264 g/mol. The first-order chi connectivity index (χ1) is 8.99. The molecule has 0 saturated heterocycles. The molecule has 1 aromatic heterocycles. The number of pyridine rings is 1. The monoisotopic (exact) mass is 264 g/mol. The number of ether oxygens (including phenoxy) is 1. The molecule has 0 spiro atoms. The molecule has 2 unspecified atom stereocenters. The van der Waals surface area contributed by atoms with Gasteiger partial charge in [0.15, 0.2) is 0 Å². The lowest BCUT2D eigenvalue weighted by Crippen LogP contribution is -2.40. The number of methoxy groups -OCH3 is 1. The molecule has 0 aliphatic rings. The summed E-state index contributed by atoms with van der Waals surface area (Å²) in [6.45, 7) is 9.67. The van der Waals surface area contributed by atoms with E-state index in [9.17, 15) is 4.79 Å². The molecular formula is C15H24N2O2. The van der Waals surface area contributed by atoms with Crippen molar-refractivity contribution in [3.05, 3.63) is 29.6 Å². The molecule has 4 heteroatoms. The number of esters is 1. The SMILES string of the molecule is CCN(Cc1cccc(C)n1)C(C)C(C)C(=O)OC. The molecule has 0 saturated carbocycles. The van der Waals surface area contributed by atoms with Crippen LogP contribution in [0.15, 0.2) is 18.2 Å². The second-order valence-corrected chi connectivity index (χ2v) is 4.89. The van der Waals surface area contributed by atoms with Gasteiger partial charge in [0.1, 0.15) is 0 Å². The largest absolute Gasteiger partial charge is 0.469 e. The van der Waals surface area contributed by atoms with E-state index < -0.39 is 0 Å². The fraction of sp³-hybridized carbons (Fsp3) is 0.600. The van der Waals surface area contributed by atoms with Crippen LogP contribution in [0.4, 0.5) is 0 Å². The minimum Gasteiger partial charge on any atom is -0.469 e. The molecule has 0 aliphatic carbocycles. The lowest BCUT2D eigenvalue weighted by molar-refractivity contribution is -0.147. The Morgan fingerprint density at radius 1 is 1.42 bits per heavy atom. The van der Waals surface area contributed by atoms with Crippen LogP contribution in [0, 0.1) is 12.8 Å². The zero-order chi connectivity index (χ0) is 14.4. The van der Waals surface area contributed by atoms with Crippen LogP contribution in [-0.2, 0) is 16.1 Å². The third-order valence-corrected chi connectivity index (χ3v) is 3.59. The number of nitrogens with zero attached hydrogens (tertiary/aromatic N) is 2. The molecule has 0 aromatic carbocycles. The van der Waals surface area contributed by atoms with Gasteiger partial charge in [0.05, 0.1) is 18.7 Å². The van der Waals surface area contributed by atoms with Crippen molar-refractivity contribution in [2.45, 2.75) is 40.3 Å². The highest BCUT2D eigenvalue weighted by atomic mass is 16.5. The van der Waals surface area contributed by atoms with Gasteiger partial charge in [0.25, 0.3) is 0 Å². The van der Waals surface area contributed by atoms with Crippen molar-refractivity contribution < 1.29 is 9.53 Å². The second kappa shape index (κ2) is 7.24. The van der Waals surface area contributed by atoms with Crippen LogP contribution < -0.4 is 0 Å². The van der Waals surface area contributed by atoms with Crippen LogP contribution in [-0.4, -0.2) is 35.5 Å². The van der Waals surface area contributed by atoms with E-state index in [-0.39, 0.29) is 17.9 Å². The molecule has 1 heterocycles. The molecule has 0 fully saturated rings. The number of carbonyl (C=O) groups excluding carboxylic acids is 1. The number of aryl methyl sites for hydroxylation is 1. The van der Waals surface area contributed by atoms with E-state index in [2.05, 4.69) is 23.7 Å². The van der Waals surface area contributed by atoms with Crippen molar-refractivity contribution >= 4 is 5.97 Å². The molecule has 1 aromatic rings. The number of rotatable bonds is 6. The topological polar surface area (TPSA) is 42.4 Å². The summed E-state index contributed by atoms with van der Waals surface area (Å²) in [5.74, 6) is -0.307. The molecule has 2 atom stereocenters. The Morgan fingerprint density at radius 3 is 2.63 bits per heavy atom. The molecule has 0 N–H and O–H groups in total. The van der Waals surface area contributed by atoms with E-state index in [1.165, 1.54) is 7.11 Å². The summed E-state index contributed by atoms with van der Waals surface area (Å²) in [7, 11) is 1.43. The van der Waals surface area contributed by atoms with Crippen LogP contribution in [0.1, 0.15) is 32.2 Å².